The molecule has 0 bridgehead atoms. The second-order valence-corrected chi connectivity index (χ2v) is 4.26. The van der Waals surface area contributed by atoms with Crippen molar-refractivity contribution in [3.63, 3.8) is 0 Å². The number of para-hydroxylation sites is 1. The summed E-state index contributed by atoms with van der Waals surface area (Å²) in [5.41, 5.74) is 1.88. The quantitative estimate of drug-likeness (QED) is 0.372. The highest BCUT2D eigenvalue weighted by atomic mass is 16.6. The Morgan fingerprint density at radius 3 is 2.38 bits per heavy atom. The molecule has 2 aromatic carbocycles. The Kier molecular flexibility index (Phi) is 4.46. The molecule has 0 N–H and O–H groups in total. The Labute approximate surface area is 121 Å². The molecule has 5 nitrogen and oxygen atoms in total. The van der Waals surface area contributed by atoms with Gasteiger partial charge in [0.2, 0.25) is 0 Å². The average Bonchev–Trinajstić information content (AvgIpc) is 2.52. The number of ether oxygens (including phenoxy) is 1. The summed E-state index contributed by atoms with van der Waals surface area (Å²) in [5, 5.41) is 10.9. The van der Waals surface area contributed by atoms with Gasteiger partial charge in [-0.2, -0.15) is 0 Å². The number of methoxy groups -OCH3 is 1. The highest BCUT2D eigenvalue weighted by molar-refractivity contribution is 5.89. The molecule has 0 unspecified atom stereocenters. The van der Waals surface area contributed by atoms with Gasteiger partial charge in [0.25, 0.3) is 5.69 Å². The van der Waals surface area contributed by atoms with Crippen LogP contribution in [0.2, 0.25) is 0 Å². The van der Waals surface area contributed by atoms with Gasteiger partial charge in [0.15, 0.2) is 0 Å². The predicted molar refractivity (Wildman–Crippen MR) is 79.8 cm³/mol. The molecule has 21 heavy (non-hydrogen) atoms. The summed E-state index contributed by atoms with van der Waals surface area (Å²) in [6.45, 7) is 0. The normalized spacial score (nSPS) is 10.5. The molecule has 0 aliphatic carbocycles. The molecule has 2 aromatic rings. The van der Waals surface area contributed by atoms with Crippen LogP contribution < -0.4 is 0 Å². The van der Waals surface area contributed by atoms with Gasteiger partial charge in [-0.3, -0.25) is 10.1 Å². The third-order valence-corrected chi connectivity index (χ3v) is 2.92. The molecular weight excluding hydrogens is 270 g/mol. The predicted octanol–water partition coefficient (Wildman–Crippen LogP) is 3.55. The van der Waals surface area contributed by atoms with Gasteiger partial charge in [0.1, 0.15) is 0 Å². The van der Waals surface area contributed by atoms with E-state index in [2.05, 4.69) is 4.74 Å². The fraction of sp³-hybridized carbons (Fsp3) is 0.0625. The van der Waals surface area contributed by atoms with E-state index < -0.39 is 10.9 Å². The summed E-state index contributed by atoms with van der Waals surface area (Å²) in [7, 11) is 1.32. The van der Waals surface area contributed by atoms with E-state index in [9.17, 15) is 14.9 Å². The Balaban J connectivity index is 2.22. The van der Waals surface area contributed by atoms with Gasteiger partial charge in [-0.15, -0.1) is 0 Å². The molecule has 0 fully saturated rings. The summed E-state index contributed by atoms with van der Waals surface area (Å²) < 4.78 is 4.62. The minimum Gasteiger partial charge on any atom is -0.465 e. The van der Waals surface area contributed by atoms with Crippen LogP contribution in [0.25, 0.3) is 12.2 Å². The highest BCUT2D eigenvalue weighted by Crippen LogP contribution is 2.20. The standard InChI is InChI=1S/C16H13NO4/c1-21-16(18)14-10-7-12(8-11-14)6-9-13-4-2-3-5-15(13)17(19)20/h2-11H,1H3/b9-6+. The van der Waals surface area contributed by atoms with Gasteiger partial charge in [-0.1, -0.05) is 30.3 Å². The van der Waals surface area contributed by atoms with E-state index in [0.29, 0.717) is 11.1 Å². The van der Waals surface area contributed by atoms with E-state index in [-0.39, 0.29) is 5.69 Å². The molecular formula is C16H13NO4. The first kappa shape index (κ1) is 14.5. The molecule has 106 valence electrons. The number of benzene rings is 2. The first-order valence-corrected chi connectivity index (χ1v) is 6.21. The maximum Gasteiger partial charge on any atom is 0.337 e. The second kappa shape index (κ2) is 6.47. The molecule has 5 heteroatoms. The van der Waals surface area contributed by atoms with Crippen molar-refractivity contribution >= 4 is 23.8 Å². The van der Waals surface area contributed by atoms with Crippen molar-refractivity contribution in [3.05, 3.63) is 75.3 Å². The first-order chi connectivity index (χ1) is 10.1. The molecule has 0 saturated carbocycles. The van der Waals surface area contributed by atoms with Gasteiger partial charge >= 0.3 is 5.97 Å². The van der Waals surface area contributed by atoms with Crippen molar-refractivity contribution in [2.24, 2.45) is 0 Å². The van der Waals surface area contributed by atoms with Crippen LogP contribution in [0.3, 0.4) is 0 Å². The number of carbonyl (C=O) groups excluding carboxylic acids is 1. The molecule has 0 spiro atoms. The van der Waals surface area contributed by atoms with Gasteiger partial charge in [0.05, 0.1) is 23.2 Å². The minimum atomic E-state index is -0.417. The van der Waals surface area contributed by atoms with Crippen LogP contribution in [-0.2, 0) is 4.74 Å². The van der Waals surface area contributed by atoms with E-state index in [1.54, 1.807) is 54.6 Å². The maximum absolute atomic E-state index is 11.3. The van der Waals surface area contributed by atoms with Crippen LogP contribution in [-0.4, -0.2) is 18.0 Å². The third kappa shape index (κ3) is 3.54. The fourth-order valence-corrected chi connectivity index (χ4v) is 1.83. The highest BCUT2D eigenvalue weighted by Gasteiger charge is 2.09. The Morgan fingerprint density at radius 1 is 1.10 bits per heavy atom. The van der Waals surface area contributed by atoms with Crippen molar-refractivity contribution in [1.29, 1.82) is 0 Å². The van der Waals surface area contributed by atoms with Crippen molar-refractivity contribution < 1.29 is 14.5 Å². The number of nitro benzene ring substituents is 1. The van der Waals surface area contributed by atoms with Crippen LogP contribution >= 0.6 is 0 Å². The van der Waals surface area contributed by atoms with Crippen LogP contribution in [0.5, 0.6) is 0 Å². The molecule has 0 aromatic heterocycles. The molecule has 0 saturated heterocycles. The van der Waals surface area contributed by atoms with E-state index >= 15 is 0 Å². The fourth-order valence-electron chi connectivity index (χ4n) is 1.83. The lowest BCUT2D eigenvalue weighted by Gasteiger charge is -2.00. The van der Waals surface area contributed by atoms with E-state index in [0.717, 1.165) is 5.56 Å². The zero-order valence-electron chi connectivity index (χ0n) is 11.4. The van der Waals surface area contributed by atoms with Gasteiger partial charge in [-0.05, 0) is 29.8 Å². The van der Waals surface area contributed by atoms with Crippen LogP contribution in [0.4, 0.5) is 5.69 Å². The summed E-state index contributed by atoms with van der Waals surface area (Å²) in [6.07, 6.45) is 3.43. The lowest BCUT2D eigenvalue weighted by atomic mass is 10.1. The molecule has 0 heterocycles. The summed E-state index contributed by atoms with van der Waals surface area (Å²) >= 11 is 0. The van der Waals surface area contributed by atoms with Crippen molar-refractivity contribution in [1.82, 2.24) is 0 Å². The molecule has 0 atom stereocenters. The van der Waals surface area contributed by atoms with Gasteiger partial charge in [0, 0.05) is 6.07 Å². The van der Waals surface area contributed by atoms with Crippen LogP contribution in [0, 0.1) is 10.1 Å². The van der Waals surface area contributed by atoms with E-state index in [4.69, 9.17) is 0 Å². The SMILES string of the molecule is COC(=O)c1ccc(/C=C/c2ccccc2[N+](=O)[O-])cc1. The first-order valence-electron chi connectivity index (χ1n) is 6.21. The number of rotatable bonds is 4. The molecule has 0 aliphatic rings. The number of nitrogens with zero attached hydrogens (tertiary/aromatic N) is 1. The average molecular weight is 283 g/mol. The second-order valence-electron chi connectivity index (χ2n) is 4.26. The smallest absolute Gasteiger partial charge is 0.337 e. The lowest BCUT2D eigenvalue weighted by molar-refractivity contribution is -0.385. The van der Waals surface area contributed by atoms with Crippen molar-refractivity contribution in [3.8, 4) is 0 Å². The Hall–Kier alpha value is -2.95. The number of hydrogen-bond donors (Lipinski definition) is 0. The van der Waals surface area contributed by atoms with Crippen LogP contribution in [0.1, 0.15) is 21.5 Å². The number of carbonyl (C=O) groups is 1. The number of esters is 1. The summed E-state index contributed by atoms with van der Waals surface area (Å²) in [5.74, 6) is -0.399. The van der Waals surface area contributed by atoms with E-state index in [1.807, 2.05) is 0 Å². The molecule has 0 aliphatic heterocycles. The Morgan fingerprint density at radius 2 is 1.76 bits per heavy atom. The minimum absolute atomic E-state index is 0.0555. The van der Waals surface area contributed by atoms with Gasteiger partial charge in [-0.25, -0.2) is 4.79 Å². The van der Waals surface area contributed by atoms with Crippen molar-refractivity contribution in [2.45, 2.75) is 0 Å². The zero-order valence-corrected chi connectivity index (χ0v) is 11.4. The largest absolute Gasteiger partial charge is 0.465 e. The van der Waals surface area contributed by atoms with Crippen molar-refractivity contribution in [2.75, 3.05) is 7.11 Å². The zero-order chi connectivity index (χ0) is 15.2. The van der Waals surface area contributed by atoms with E-state index in [1.165, 1.54) is 13.2 Å². The molecule has 2 rings (SSSR count). The third-order valence-electron chi connectivity index (χ3n) is 2.92. The lowest BCUT2D eigenvalue weighted by Crippen LogP contribution is -2.00. The number of nitro groups is 1. The monoisotopic (exact) mass is 283 g/mol. The van der Waals surface area contributed by atoms with Gasteiger partial charge < -0.3 is 4.74 Å². The molecule has 0 amide bonds. The topological polar surface area (TPSA) is 69.4 Å². The Bertz CT molecular complexity index is 690. The van der Waals surface area contributed by atoms with Crippen LogP contribution in [0.15, 0.2) is 48.5 Å². The summed E-state index contributed by atoms with van der Waals surface area (Å²) in [6, 6.07) is 13.3. The summed E-state index contributed by atoms with van der Waals surface area (Å²) in [4.78, 5) is 21.8. The molecule has 0 radical (unpaired) electrons. The number of hydrogen-bond acceptors (Lipinski definition) is 4. The maximum atomic E-state index is 11.3.